The Bertz CT molecular complexity index is 460. The van der Waals surface area contributed by atoms with Crippen LogP contribution in [0.25, 0.3) is 0 Å². The normalized spacial score (nSPS) is 25.2. The number of anilines is 1. The lowest BCUT2D eigenvalue weighted by Gasteiger charge is -2.18. The molecular formula is C17H26N2O. The van der Waals surface area contributed by atoms with Crippen LogP contribution >= 0.6 is 0 Å². The van der Waals surface area contributed by atoms with Crippen LogP contribution < -0.4 is 10.2 Å². The number of nitrogens with zero attached hydrogens (tertiary/aromatic N) is 1. The number of aliphatic hydroxyl groups is 1. The van der Waals surface area contributed by atoms with Crippen molar-refractivity contribution in [3.8, 4) is 0 Å². The summed E-state index contributed by atoms with van der Waals surface area (Å²) < 4.78 is 0. The molecule has 1 heterocycles. The summed E-state index contributed by atoms with van der Waals surface area (Å²) in [5.74, 6) is 1.19. The van der Waals surface area contributed by atoms with Crippen molar-refractivity contribution in [2.24, 2.45) is 11.8 Å². The van der Waals surface area contributed by atoms with E-state index in [1.807, 2.05) is 0 Å². The van der Waals surface area contributed by atoms with Crippen LogP contribution in [-0.4, -0.2) is 31.9 Å². The van der Waals surface area contributed by atoms with Gasteiger partial charge in [0.15, 0.2) is 0 Å². The van der Waals surface area contributed by atoms with Crippen molar-refractivity contribution in [1.82, 2.24) is 5.32 Å². The number of hydrogen-bond acceptors (Lipinski definition) is 3. The van der Waals surface area contributed by atoms with Gasteiger partial charge in [-0.25, -0.2) is 0 Å². The highest BCUT2D eigenvalue weighted by atomic mass is 16.3. The number of aliphatic hydroxyl groups excluding tert-OH is 1. The van der Waals surface area contributed by atoms with Gasteiger partial charge in [0, 0.05) is 32.4 Å². The zero-order chi connectivity index (χ0) is 13.9. The Morgan fingerprint density at radius 1 is 1.30 bits per heavy atom. The predicted octanol–water partition coefficient (Wildman–Crippen LogP) is 2.18. The van der Waals surface area contributed by atoms with Gasteiger partial charge >= 0.3 is 0 Å². The lowest BCUT2D eigenvalue weighted by molar-refractivity contribution is 0.192. The molecule has 1 aliphatic heterocycles. The van der Waals surface area contributed by atoms with E-state index in [-0.39, 0.29) is 0 Å². The van der Waals surface area contributed by atoms with Gasteiger partial charge in [0.1, 0.15) is 0 Å². The van der Waals surface area contributed by atoms with Crippen molar-refractivity contribution in [3.05, 3.63) is 29.3 Å². The van der Waals surface area contributed by atoms with E-state index in [0.29, 0.717) is 18.4 Å². The molecule has 1 fully saturated rings. The smallest absolute Gasteiger partial charge is 0.0462 e. The molecule has 1 aromatic carbocycles. The zero-order valence-corrected chi connectivity index (χ0v) is 12.4. The molecule has 3 rings (SSSR count). The number of rotatable bonds is 5. The number of nitrogens with one attached hydrogen (secondary N) is 1. The second-order valence-electron chi connectivity index (χ2n) is 6.40. The lowest BCUT2D eigenvalue weighted by Crippen LogP contribution is -2.26. The Hall–Kier alpha value is -1.06. The molecule has 3 heteroatoms. The molecule has 0 saturated heterocycles. The second-order valence-corrected chi connectivity index (χ2v) is 6.40. The largest absolute Gasteiger partial charge is 0.396 e. The summed E-state index contributed by atoms with van der Waals surface area (Å²) in [5, 5.41) is 12.9. The quantitative estimate of drug-likeness (QED) is 0.864. The summed E-state index contributed by atoms with van der Waals surface area (Å²) >= 11 is 0. The van der Waals surface area contributed by atoms with Crippen LogP contribution in [0.5, 0.6) is 0 Å². The summed E-state index contributed by atoms with van der Waals surface area (Å²) in [5.41, 5.74) is 4.27. The summed E-state index contributed by atoms with van der Waals surface area (Å²) in [6.45, 7) is 3.50. The number of hydrogen-bond donors (Lipinski definition) is 2. The Morgan fingerprint density at radius 2 is 2.15 bits per heavy atom. The molecule has 2 aliphatic rings. The van der Waals surface area contributed by atoms with E-state index in [1.165, 1.54) is 42.5 Å². The molecule has 0 amide bonds. The third kappa shape index (κ3) is 2.84. The maximum Gasteiger partial charge on any atom is 0.0462 e. The maximum atomic E-state index is 9.35. The standard InChI is InChI=1S/C17H26N2O/c1-19-8-7-14-9-13(5-6-17(14)19)10-18-11-15-3-2-4-16(15)12-20/h5-6,9,15-16,18,20H,2-4,7-8,10-12H2,1H3. The fourth-order valence-corrected chi connectivity index (χ4v) is 3.75. The summed E-state index contributed by atoms with van der Waals surface area (Å²) in [6.07, 6.45) is 4.93. The Labute approximate surface area is 122 Å². The second kappa shape index (κ2) is 6.15. The van der Waals surface area contributed by atoms with Crippen LogP contribution in [0.2, 0.25) is 0 Å². The van der Waals surface area contributed by atoms with Gasteiger partial charge in [0.2, 0.25) is 0 Å². The van der Waals surface area contributed by atoms with E-state index in [4.69, 9.17) is 0 Å². The molecule has 0 aromatic heterocycles. The third-order valence-corrected chi connectivity index (χ3v) is 5.06. The summed E-state index contributed by atoms with van der Waals surface area (Å²) in [6, 6.07) is 6.85. The molecular weight excluding hydrogens is 248 g/mol. The first kappa shape index (κ1) is 13.9. The van der Waals surface area contributed by atoms with Crippen molar-refractivity contribution in [1.29, 1.82) is 0 Å². The highest BCUT2D eigenvalue weighted by Gasteiger charge is 2.25. The Kier molecular flexibility index (Phi) is 4.27. The van der Waals surface area contributed by atoms with Gasteiger partial charge < -0.3 is 15.3 Å². The van der Waals surface area contributed by atoms with Gasteiger partial charge in [-0.1, -0.05) is 18.6 Å². The van der Waals surface area contributed by atoms with Crippen molar-refractivity contribution in [2.45, 2.75) is 32.2 Å². The minimum atomic E-state index is 0.359. The van der Waals surface area contributed by atoms with E-state index < -0.39 is 0 Å². The van der Waals surface area contributed by atoms with Crippen LogP contribution in [-0.2, 0) is 13.0 Å². The van der Waals surface area contributed by atoms with E-state index in [0.717, 1.165) is 19.6 Å². The highest BCUT2D eigenvalue weighted by molar-refractivity contribution is 5.58. The topological polar surface area (TPSA) is 35.5 Å². The zero-order valence-electron chi connectivity index (χ0n) is 12.4. The van der Waals surface area contributed by atoms with E-state index in [2.05, 4.69) is 35.5 Å². The predicted molar refractivity (Wildman–Crippen MR) is 83.0 cm³/mol. The molecule has 0 radical (unpaired) electrons. The van der Waals surface area contributed by atoms with Gasteiger partial charge in [-0.15, -0.1) is 0 Å². The van der Waals surface area contributed by atoms with Crippen molar-refractivity contribution >= 4 is 5.69 Å². The molecule has 3 nitrogen and oxygen atoms in total. The number of likely N-dealkylation sites (N-methyl/N-ethyl adjacent to an activating group) is 1. The summed E-state index contributed by atoms with van der Waals surface area (Å²) in [7, 11) is 2.17. The van der Waals surface area contributed by atoms with E-state index in [1.54, 1.807) is 0 Å². The van der Waals surface area contributed by atoms with Crippen LogP contribution in [0.3, 0.4) is 0 Å². The maximum absolute atomic E-state index is 9.35. The molecule has 20 heavy (non-hydrogen) atoms. The minimum Gasteiger partial charge on any atom is -0.396 e. The third-order valence-electron chi connectivity index (χ3n) is 5.06. The molecule has 0 bridgehead atoms. The van der Waals surface area contributed by atoms with Gasteiger partial charge in [-0.05, 0) is 54.8 Å². The SMILES string of the molecule is CN1CCc2cc(CNCC3CCCC3CO)ccc21. The number of benzene rings is 1. The monoisotopic (exact) mass is 274 g/mol. The molecule has 2 atom stereocenters. The van der Waals surface area contributed by atoms with Crippen LogP contribution in [0.15, 0.2) is 18.2 Å². The molecule has 2 N–H and O–H groups in total. The van der Waals surface area contributed by atoms with Gasteiger partial charge in [-0.2, -0.15) is 0 Å². The minimum absolute atomic E-state index is 0.359. The Balaban J connectivity index is 1.52. The Morgan fingerprint density at radius 3 is 3.00 bits per heavy atom. The van der Waals surface area contributed by atoms with Crippen molar-refractivity contribution < 1.29 is 5.11 Å². The average Bonchev–Trinajstić information content (AvgIpc) is 3.06. The molecule has 0 spiro atoms. The fourth-order valence-electron chi connectivity index (χ4n) is 3.75. The average molecular weight is 274 g/mol. The molecule has 2 unspecified atom stereocenters. The van der Waals surface area contributed by atoms with Crippen molar-refractivity contribution in [2.75, 3.05) is 31.6 Å². The highest BCUT2D eigenvalue weighted by Crippen LogP contribution is 2.31. The van der Waals surface area contributed by atoms with Gasteiger partial charge in [0.05, 0.1) is 0 Å². The van der Waals surface area contributed by atoms with Gasteiger partial charge in [-0.3, -0.25) is 0 Å². The first-order valence-electron chi connectivity index (χ1n) is 7.92. The van der Waals surface area contributed by atoms with Crippen LogP contribution in [0.1, 0.15) is 30.4 Å². The molecule has 1 aliphatic carbocycles. The van der Waals surface area contributed by atoms with Crippen molar-refractivity contribution in [3.63, 3.8) is 0 Å². The summed E-state index contributed by atoms with van der Waals surface area (Å²) in [4.78, 5) is 2.33. The molecule has 1 aromatic rings. The van der Waals surface area contributed by atoms with Gasteiger partial charge in [0.25, 0.3) is 0 Å². The first-order valence-corrected chi connectivity index (χ1v) is 7.92. The lowest BCUT2D eigenvalue weighted by atomic mass is 9.97. The van der Waals surface area contributed by atoms with Crippen LogP contribution in [0, 0.1) is 11.8 Å². The fraction of sp³-hybridized carbons (Fsp3) is 0.647. The van der Waals surface area contributed by atoms with E-state index in [9.17, 15) is 5.11 Å². The first-order chi connectivity index (χ1) is 9.78. The molecule has 110 valence electrons. The molecule has 1 saturated carbocycles. The number of fused-ring (bicyclic) bond motifs is 1. The van der Waals surface area contributed by atoms with Crippen LogP contribution in [0.4, 0.5) is 5.69 Å². The van der Waals surface area contributed by atoms with E-state index >= 15 is 0 Å².